The Bertz CT molecular complexity index is 538. The van der Waals surface area contributed by atoms with E-state index in [1.807, 2.05) is 16.9 Å². The van der Waals surface area contributed by atoms with E-state index < -0.39 is 0 Å². The van der Waals surface area contributed by atoms with Crippen LogP contribution >= 0.6 is 11.3 Å². The first-order valence-corrected chi connectivity index (χ1v) is 7.39. The van der Waals surface area contributed by atoms with Crippen molar-refractivity contribution in [3.63, 3.8) is 0 Å². The lowest BCUT2D eigenvalue weighted by molar-refractivity contribution is -0.117. The first kappa shape index (κ1) is 14.6. The molecule has 108 valence electrons. The maximum absolute atomic E-state index is 11.9. The molecule has 20 heavy (non-hydrogen) atoms. The number of nitrogens with one attached hydrogen (secondary N) is 2. The quantitative estimate of drug-likeness (QED) is 0.803. The average molecular weight is 294 g/mol. The van der Waals surface area contributed by atoms with Crippen LogP contribution in [0.15, 0.2) is 17.9 Å². The second-order valence-electron chi connectivity index (χ2n) is 4.37. The summed E-state index contributed by atoms with van der Waals surface area (Å²) >= 11 is 1.40. The normalized spacial score (nSPS) is 12.3. The smallest absolute Gasteiger partial charge is 0.243 e. The topological polar surface area (TPSA) is 84.7 Å². The van der Waals surface area contributed by atoms with Crippen molar-refractivity contribution in [3.05, 3.63) is 23.7 Å². The Morgan fingerprint density at radius 3 is 3.10 bits per heavy atom. The van der Waals surface area contributed by atoms with E-state index in [9.17, 15) is 4.79 Å². The Kier molecular flexibility index (Phi) is 5.19. The molecule has 0 aromatic carbocycles. The summed E-state index contributed by atoms with van der Waals surface area (Å²) in [5.41, 5.74) is 0. The summed E-state index contributed by atoms with van der Waals surface area (Å²) in [6, 6.07) is -0.328. The average Bonchev–Trinajstić information content (AvgIpc) is 3.08. The van der Waals surface area contributed by atoms with Gasteiger partial charge in [-0.3, -0.25) is 10.1 Å². The Morgan fingerprint density at radius 2 is 2.40 bits per heavy atom. The largest absolute Gasteiger partial charge is 0.317 e. The fourth-order valence-electron chi connectivity index (χ4n) is 1.68. The number of anilines is 1. The summed E-state index contributed by atoms with van der Waals surface area (Å²) in [6.45, 7) is 5.29. The van der Waals surface area contributed by atoms with Crippen molar-refractivity contribution in [1.82, 2.24) is 25.1 Å². The molecule has 0 radical (unpaired) electrons. The van der Waals surface area contributed by atoms with Crippen molar-refractivity contribution in [2.24, 2.45) is 0 Å². The molecular formula is C12H18N6OS. The number of carbonyl (C=O) groups excluding carboxylic acids is 1. The lowest BCUT2D eigenvalue weighted by atomic mass is 10.3. The van der Waals surface area contributed by atoms with Crippen LogP contribution < -0.4 is 10.6 Å². The number of amides is 1. The van der Waals surface area contributed by atoms with Crippen LogP contribution in [-0.2, 0) is 17.9 Å². The highest BCUT2D eigenvalue weighted by Crippen LogP contribution is 2.10. The first-order chi connectivity index (χ1) is 9.70. The number of hydrogen-bond donors (Lipinski definition) is 2. The van der Waals surface area contributed by atoms with Crippen LogP contribution in [0, 0.1) is 0 Å². The Hall–Kier alpha value is -1.80. The lowest BCUT2D eigenvalue weighted by Crippen LogP contribution is -2.38. The lowest BCUT2D eigenvalue weighted by Gasteiger charge is -2.13. The molecule has 0 spiro atoms. The molecule has 0 aliphatic carbocycles. The number of thiazole rings is 1. The molecule has 2 heterocycles. The molecule has 0 saturated carbocycles. The zero-order valence-electron chi connectivity index (χ0n) is 11.5. The summed E-state index contributed by atoms with van der Waals surface area (Å²) in [7, 11) is 0. The van der Waals surface area contributed by atoms with Crippen LogP contribution in [0.25, 0.3) is 0 Å². The van der Waals surface area contributed by atoms with E-state index in [1.54, 1.807) is 12.5 Å². The van der Waals surface area contributed by atoms with Crippen LogP contribution in [0.3, 0.4) is 0 Å². The zero-order chi connectivity index (χ0) is 14.4. The van der Waals surface area contributed by atoms with Crippen molar-refractivity contribution in [3.8, 4) is 0 Å². The molecule has 0 saturated heterocycles. The molecule has 7 nitrogen and oxygen atoms in total. The van der Waals surface area contributed by atoms with Crippen molar-refractivity contribution >= 4 is 22.4 Å². The molecule has 0 bridgehead atoms. The second-order valence-corrected chi connectivity index (χ2v) is 5.26. The third-order valence-electron chi connectivity index (χ3n) is 2.78. The Morgan fingerprint density at radius 1 is 1.55 bits per heavy atom. The highest BCUT2D eigenvalue weighted by atomic mass is 32.1. The number of rotatable bonds is 7. The molecule has 0 aliphatic heterocycles. The number of aromatic nitrogens is 4. The summed E-state index contributed by atoms with van der Waals surface area (Å²) in [4.78, 5) is 16.0. The first-order valence-electron chi connectivity index (χ1n) is 6.51. The van der Waals surface area contributed by atoms with Gasteiger partial charge in [0.2, 0.25) is 5.91 Å². The van der Waals surface area contributed by atoms with Gasteiger partial charge in [0.25, 0.3) is 0 Å². The van der Waals surface area contributed by atoms with E-state index in [0.717, 1.165) is 18.8 Å². The van der Waals surface area contributed by atoms with Crippen LogP contribution in [0.5, 0.6) is 0 Å². The Balaban J connectivity index is 1.83. The van der Waals surface area contributed by atoms with E-state index in [4.69, 9.17) is 0 Å². The SMILES string of the molecule is CCCn1cnnc1CN[C@@H](C)C(=O)Nc1nccs1. The summed E-state index contributed by atoms with van der Waals surface area (Å²) in [5.74, 6) is 0.724. The molecule has 2 rings (SSSR count). The van der Waals surface area contributed by atoms with Gasteiger partial charge >= 0.3 is 0 Å². The van der Waals surface area contributed by atoms with Gasteiger partial charge in [0.05, 0.1) is 12.6 Å². The van der Waals surface area contributed by atoms with E-state index in [-0.39, 0.29) is 11.9 Å². The van der Waals surface area contributed by atoms with Gasteiger partial charge < -0.3 is 9.88 Å². The highest BCUT2D eigenvalue weighted by molar-refractivity contribution is 7.13. The summed E-state index contributed by atoms with van der Waals surface area (Å²) in [6.07, 6.45) is 4.39. The molecule has 0 aliphatic rings. The van der Waals surface area contributed by atoms with Crippen LogP contribution in [0.2, 0.25) is 0 Å². The van der Waals surface area contributed by atoms with E-state index in [0.29, 0.717) is 11.7 Å². The number of nitrogens with zero attached hydrogens (tertiary/aromatic N) is 4. The van der Waals surface area contributed by atoms with E-state index in [2.05, 4.69) is 32.7 Å². The van der Waals surface area contributed by atoms with Crippen molar-refractivity contribution in [2.45, 2.75) is 39.4 Å². The van der Waals surface area contributed by atoms with Crippen LogP contribution in [-0.4, -0.2) is 31.7 Å². The van der Waals surface area contributed by atoms with Gasteiger partial charge in [0.1, 0.15) is 12.2 Å². The predicted octanol–water partition coefficient (Wildman–Crippen LogP) is 1.26. The highest BCUT2D eigenvalue weighted by Gasteiger charge is 2.14. The minimum atomic E-state index is -0.328. The fourth-order valence-corrected chi connectivity index (χ4v) is 2.21. The van der Waals surface area contributed by atoms with Crippen LogP contribution in [0.1, 0.15) is 26.1 Å². The molecule has 0 fully saturated rings. The van der Waals surface area contributed by atoms with Crippen molar-refractivity contribution in [2.75, 3.05) is 5.32 Å². The van der Waals surface area contributed by atoms with Gasteiger partial charge in [-0.2, -0.15) is 0 Å². The van der Waals surface area contributed by atoms with E-state index >= 15 is 0 Å². The summed E-state index contributed by atoms with van der Waals surface area (Å²) < 4.78 is 1.98. The second kappa shape index (κ2) is 7.11. The molecule has 2 N–H and O–H groups in total. The molecular weight excluding hydrogens is 276 g/mol. The van der Waals surface area contributed by atoms with Crippen LogP contribution in [0.4, 0.5) is 5.13 Å². The van der Waals surface area contributed by atoms with Gasteiger partial charge in [-0.05, 0) is 13.3 Å². The van der Waals surface area contributed by atoms with Crippen molar-refractivity contribution < 1.29 is 4.79 Å². The fraction of sp³-hybridized carbons (Fsp3) is 0.500. The maximum Gasteiger partial charge on any atom is 0.243 e. The molecule has 1 amide bonds. The standard InChI is InChI=1S/C12H18N6OS/c1-3-5-18-8-15-17-10(18)7-14-9(2)11(19)16-12-13-4-6-20-12/h4,6,8-9,14H,3,5,7H2,1-2H3,(H,13,16,19)/t9-/m0/s1. The number of aryl methyl sites for hydroxylation is 1. The van der Waals surface area contributed by atoms with Gasteiger partial charge in [-0.15, -0.1) is 21.5 Å². The molecule has 8 heteroatoms. The zero-order valence-corrected chi connectivity index (χ0v) is 12.4. The van der Waals surface area contributed by atoms with Gasteiger partial charge in [0, 0.05) is 18.1 Å². The van der Waals surface area contributed by atoms with Gasteiger partial charge in [0.15, 0.2) is 5.13 Å². The minimum absolute atomic E-state index is 0.110. The third-order valence-corrected chi connectivity index (χ3v) is 3.47. The third kappa shape index (κ3) is 3.84. The Labute approximate surface area is 121 Å². The molecule has 2 aromatic heterocycles. The summed E-state index contributed by atoms with van der Waals surface area (Å²) in [5, 5.41) is 16.3. The monoisotopic (exact) mass is 294 g/mol. The predicted molar refractivity (Wildman–Crippen MR) is 77.4 cm³/mol. The van der Waals surface area contributed by atoms with E-state index in [1.165, 1.54) is 11.3 Å². The number of hydrogen-bond acceptors (Lipinski definition) is 6. The molecule has 2 aromatic rings. The molecule has 1 atom stereocenters. The van der Waals surface area contributed by atoms with Gasteiger partial charge in [-0.1, -0.05) is 6.92 Å². The maximum atomic E-state index is 11.9. The minimum Gasteiger partial charge on any atom is -0.317 e. The van der Waals surface area contributed by atoms with Gasteiger partial charge in [-0.25, -0.2) is 4.98 Å². The molecule has 0 unspecified atom stereocenters. The van der Waals surface area contributed by atoms with Crippen molar-refractivity contribution in [1.29, 1.82) is 0 Å². The number of carbonyl (C=O) groups is 1.